The number of esters is 1. The molecular formula is C39H46O8. The molecule has 5 atom stereocenters. The molecule has 8 nitrogen and oxygen atoms in total. The molecule has 3 aliphatic carbocycles. The summed E-state index contributed by atoms with van der Waals surface area (Å²) in [4.78, 5) is 41.6. The molecule has 0 amide bonds. The Morgan fingerprint density at radius 2 is 1.72 bits per heavy atom. The second kappa shape index (κ2) is 11.1. The number of hydrogen-bond acceptors (Lipinski definition) is 8. The number of ether oxygens (including phenoxy) is 4. The molecule has 1 saturated heterocycles. The van der Waals surface area contributed by atoms with Crippen LogP contribution in [-0.4, -0.2) is 52.2 Å². The number of phenolic OH excluding ortho intramolecular Hbond substituents is 1. The normalized spacial score (nSPS) is 30.7. The van der Waals surface area contributed by atoms with Crippen LogP contribution in [0.2, 0.25) is 0 Å². The Bertz CT molecular complexity index is 1740. The van der Waals surface area contributed by atoms with Crippen molar-refractivity contribution in [1.29, 1.82) is 0 Å². The van der Waals surface area contributed by atoms with Crippen LogP contribution in [0.5, 0.6) is 17.2 Å². The highest BCUT2D eigenvalue weighted by Gasteiger charge is 2.81. The molecule has 1 aromatic rings. The monoisotopic (exact) mass is 642 g/mol. The molecule has 47 heavy (non-hydrogen) atoms. The van der Waals surface area contributed by atoms with E-state index < -0.39 is 34.3 Å². The molecule has 2 fully saturated rings. The number of rotatable bonds is 8. The van der Waals surface area contributed by atoms with Gasteiger partial charge in [-0.05, 0) is 93.2 Å². The smallest absolute Gasteiger partial charge is 0.333 e. The number of aromatic hydroxyl groups is 1. The second-order valence-corrected chi connectivity index (χ2v) is 14.9. The molecule has 1 aromatic carbocycles. The van der Waals surface area contributed by atoms with E-state index >= 15 is 0 Å². The molecule has 7 rings (SSSR count). The summed E-state index contributed by atoms with van der Waals surface area (Å²) in [6.07, 6.45) is 13.8. The number of carbonyl (C=O) groups is 3. The van der Waals surface area contributed by atoms with Gasteiger partial charge >= 0.3 is 5.97 Å². The van der Waals surface area contributed by atoms with E-state index in [0.717, 1.165) is 12.0 Å². The fourth-order valence-corrected chi connectivity index (χ4v) is 8.33. The first kappa shape index (κ1) is 33.0. The SMILES string of the molecule is COC(=O)/C(C)=C\C[C@]12OC(C)(C)C3C[C@@H](C=C4C(=O)c5c(O)c6c(c(CC=C(C)C)c5O[C@]431)OC(C)(CCC=C(C)C)C=C6)C2=O. The van der Waals surface area contributed by atoms with Crippen molar-refractivity contribution in [2.75, 3.05) is 7.11 Å². The van der Waals surface area contributed by atoms with Crippen LogP contribution in [0.4, 0.5) is 0 Å². The lowest BCUT2D eigenvalue weighted by Crippen LogP contribution is -2.72. The molecule has 250 valence electrons. The van der Waals surface area contributed by atoms with Crippen LogP contribution >= 0.6 is 0 Å². The minimum Gasteiger partial charge on any atom is -0.506 e. The van der Waals surface area contributed by atoms with Crippen LogP contribution in [-0.2, 0) is 25.5 Å². The number of phenols is 1. The lowest BCUT2D eigenvalue weighted by atomic mass is 9.51. The first-order chi connectivity index (χ1) is 22.0. The van der Waals surface area contributed by atoms with Gasteiger partial charge in [-0.25, -0.2) is 4.79 Å². The van der Waals surface area contributed by atoms with Gasteiger partial charge in [-0.2, -0.15) is 0 Å². The van der Waals surface area contributed by atoms with E-state index in [1.165, 1.54) is 12.7 Å². The molecule has 3 heterocycles. The Balaban J connectivity index is 1.58. The van der Waals surface area contributed by atoms with Crippen molar-refractivity contribution in [3.8, 4) is 17.2 Å². The number of fused-ring (bicyclic) bond motifs is 2. The maximum atomic E-state index is 14.8. The molecule has 6 aliphatic rings. The minimum absolute atomic E-state index is 0.0189. The van der Waals surface area contributed by atoms with Crippen LogP contribution in [0, 0.1) is 11.8 Å². The molecule has 4 bridgehead atoms. The van der Waals surface area contributed by atoms with E-state index in [9.17, 15) is 19.5 Å². The summed E-state index contributed by atoms with van der Waals surface area (Å²) in [5, 5.41) is 11.8. The number of allylic oxidation sites excluding steroid dienone is 5. The number of hydrogen-bond donors (Lipinski definition) is 1. The first-order valence-electron chi connectivity index (χ1n) is 16.5. The maximum Gasteiger partial charge on any atom is 0.333 e. The van der Waals surface area contributed by atoms with Crippen LogP contribution in [0.3, 0.4) is 0 Å². The highest BCUT2D eigenvalue weighted by molar-refractivity contribution is 6.19. The standard InChI is InChI=1S/C39H46O8/c1-21(2)11-10-16-37(8)17-15-25-30(40)29-31(41)27-19-24-20-28-36(6,7)47-38(34(24)42,18-14-23(5)35(43)44-9)39(27,28)46-33(29)26(32(25)45-37)13-12-22(3)4/h11-12,14-15,17,19,24,28,40H,10,13,16,18,20H2,1-9H3/b23-14-/t24-,28?,37?,38-,39-/m1/s1. The highest BCUT2D eigenvalue weighted by atomic mass is 16.6. The molecular weight excluding hydrogens is 596 g/mol. The quantitative estimate of drug-likeness (QED) is 0.178. The van der Waals surface area contributed by atoms with Gasteiger partial charge in [-0.15, -0.1) is 0 Å². The predicted molar refractivity (Wildman–Crippen MR) is 179 cm³/mol. The van der Waals surface area contributed by atoms with E-state index in [1.54, 1.807) is 19.1 Å². The van der Waals surface area contributed by atoms with Crippen molar-refractivity contribution in [1.82, 2.24) is 0 Å². The van der Waals surface area contributed by atoms with Crippen molar-refractivity contribution in [3.63, 3.8) is 0 Å². The fourth-order valence-electron chi connectivity index (χ4n) is 8.33. The van der Waals surface area contributed by atoms with Crippen molar-refractivity contribution in [2.45, 2.75) is 110 Å². The lowest BCUT2D eigenvalue weighted by Gasteiger charge is -2.56. The van der Waals surface area contributed by atoms with Gasteiger partial charge in [0.05, 0.1) is 18.3 Å². The summed E-state index contributed by atoms with van der Waals surface area (Å²) >= 11 is 0. The van der Waals surface area contributed by atoms with Crippen LogP contribution in [0.1, 0.15) is 103 Å². The predicted octanol–water partition coefficient (Wildman–Crippen LogP) is 7.33. The summed E-state index contributed by atoms with van der Waals surface area (Å²) < 4.78 is 25.7. The Morgan fingerprint density at radius 1 is 1.02 bits per heavy atom. The van der Waals surface area contributed by atoms with E-state index in [2.05, 4.69) is 19.9 Å². The molecule has 1 saturated carbocycles. The Morgan fingerprint density at radius 3 is 2.38 bits per heavy atom. The average molecular weight is 643 g/mol. The summed E-state index contributed by atoms with van der Waals surface area (Å²) in [7, 11) is 1.31. The number of benzene rings is 1. The third-order valence-electron chi connectivity index (χ3n) is 10.7. The average Bonchev–Trinajstić information content (AvgIpc) is 3.15. The topological polar surface area (TPSA) is 108 Å². The van der Waals surface area contributed by atoms with Gasteiger partial charge in [-0.1, -0.05) is 35.5 Å². The van der Waals surface area contributed by atoms with Gasteiger partial charge in [0, 0.05) is 35.0 Å². The Kier molecular flexibility index (Phi) is 7.78. The molecule has 3 aliphatic heterocycles. The van der Waals surface area contributed by atoms with Crippen LogP contribution < -0.4 is 9.47 Å². The van der Waals surface area contributed by atoms with E-state index in [-0.39, 0.29) is 41.0 Å². The molecule has 2 unspecified atom stereocenters. The summed E-state index contributed by atoms with van der Waals surface area (Å²) in [6, 6.07) is 0. The van der Waals surface area contributed by atoms with Gasteiger partial charge < -0.3 is 24.1 Å². The number of ketones is 2. The first-order valence-corrected chi connectivity index (χ1v) is 16.5. The lowest BCUT2D eigenvalue weighted by molar-refractivity contribution is -0.171. The molecule has 0 aromatic heterocycles. The van der Waals surface area contributed by atoms with Crippen molar-refractivity contribution < 1.29 is 38.4 Å². The Labute approximate surface area is 277 Å². The van der Waals surface area contributed by atoms with E-state index in [4.69, 9.17) is 18.9 Å². The van der Waals surface area contributed by atoms with Gasteiger partial charge in [0.15, 0.2) is 22.8 Å². The van der Waals surface area contributed by atoms with Crippen molar-refractivity contribution in [2.24, 2.45) is 11.8 Å². The summed E-state index contributed by atoms with van der Waals surface area (Å²) in [5.41, 5.74) is -0.446. The summed E-state index contributed by atoms with van der Waals surface area (Å²) in [6.45, 7) is 15.6. The third-order valence-corrected chi connectivity index (χ3v) is 10.7. The minimum atomic E-state index is -1.57. The molecule has 8 heteroatoms. The van der Waals surface area contributed by atoms with Gasteiger partial charge in [0.1, 0.15) is 28.4 Å². The Hall–Kier alpha value is -3.91. The van der Waals surface area contributed by atoms with Gasteiger partial charge in [0.2, 0.25) is 0 Å². The number of carbonyl (C=O) groups excluding carboxylic acids is 3. The molecule has 1 N–H and O–H groups in total. The van der Waals surface area contributed by atoms with Crippen LogP contribution in [0.15, 0.2) is 52.7 Å². The zero-order valence-corrected chi connectivity index (χ0v) is 29.0. The van der Waals surface area contributed by atoms with Gasteiger partial charge in [-0.3, -0.25) is 9.59 Å². The van der Waals surface area contributed by atoms with Gasteiger partial charge in [0.25, 0.3) is 0 Å². The van der Waals surface area contributed by atoms with Crippen molar-refractivity contribution >= 4 is 23.6 Å². The zero-order chi connectivity index (χ0) is 34.3. The molecule has 1 spiro atoms. The van der Waals surface area contributed by atoms with E-state index in [0.29, 0.717) is 47.3 Å². The molecule has 0 radical (unpaired) electrons. The fraction of sp³-hybridized carbons (Fsp3) is 0.513. The van der Waals surface area contributed by atoms with E-state index in [1.807, 2.05) is 52.8 Å². The maximum absolute atomic E-state index is 14.8. The highest BCUT2D eigenvalue weighted by Crippen LogP contribution is 2.68. The van der Waals surface area contributed by atoms with Crippen LogP contribution in [0.25, 0.3) is 6.08 Å². The largest absolute Gasteiger partial charge is 0.506 e. The zero-order valence-electron chi connectivity index (χ0n) is 29.0. The summed E-state index contributed by atoms with van der Waals surface area (Å²) in [5.74, 6) is -1.49. The number of methoxy groups -OCH3 is 1. The second-order valence-electron chi connectivity index (χ2n) is 14.9. The number of Topliss-reactive ketones (excluding diaryl/α,β-unsaturated/α-hetero) is 2. The van der Waals surface area contributed by atoms with Crippen molar-refractivity contribution in [3.05, 3.63) is 69.4 Å². The third kappa shape index (κ3) is 4.77.